The Kier molecular flexibility index (Phi) is 4.62. The SMILES string of the molecule is Cc1cnc2c(cc(I)n2COCC[Si](C)(C)C)n1. The number of rotatable bonds is 5. The maximum absolute atomic E-state index is 5.80. The fourth-order valence-electron chi connectivity index (χ4n) is 1.74. The fourth-order valence-corrected chi connectivity index (χ4v) is 3.16. The third-order valence-corrected chi connectivity index (χ3v) is 5.48. The molecule has 0 aliphatic heterocycles. The first-order chi connectivity index (χ1) is 8.87. The van der Waals surface area contributed by atoms with Crippen LogP contribution in [0.4, 0.5) is 0 Å². The highest BCUT2D eigenvalue weighted by Crippen LogP contribution is 2.18. The molecule has 0 aliphatic carbocycles. The zero-order valence-corrected chi connectivity index (χ0v) is 15.1. The lowest BCUT2D eigenvalue weighted by Crippen LogP contribution is -2.22. The van der Waals surface area contributed by atoms with Gasteiger partial charge in [0.15, 0.2) is 5.65 Å². The Labute approximate surface area is 128 Å². The molecule has 2 aromatic heterocycles. The van der Waals surface area contributed by atoms with Gasteiger partial charge in [-0.1, -0.05) is 19.6 Å². The average molecular weight is 389 g/mol. The van der Waals surface area contributed by atoms with Crippen LogP contribution in [0.15, 0.2) is 12.3 Å². The monoisotopic (exact) mass is 389 g/mol. The van der Waals surface area contributed by atoms with E-state index in [1.54, 1.807) is 6.20 Å². The second kappa shape index (κ2) is 5.88. The third-order valence-electron chi connectivity index (χ3n) is 2.89. The highest BCUT2D eigenvalue weighted by molar-refractivity contribution is 14.1. The number of aromatic nitrogens is 3. The molecule has 0 bridgehead atoms. The van der Waals surface area contributed by atoms with Crippen molar-refractivity contribution in [2.75, 3.05) is 6.61 Å². The van der Waals surface area contributed by atoms with Gasteiger partial charge in [-0.3, -0.25) is 4.57 Å². The number of hydrogen-bond acceptors (Lipinski definition) is 3. The molecule has 0 amide bonds. The average Bonchev–Trinajstić information content (AvgIpc) is 2.58. The van der Waals surface area contributed by atoms with Gasteiger partial charge in [0, 0.05) is 14.7 Å². The maximum atomic E-state index is 5.80. The van der Waals surface area contributed by atoms with Gasteiger partial charge in [0.1, 0.15) is 12.2 Å². The Morgan fingerprint density at radius 2 is 2.11 bits per heavy atom. The van der Waals surface area contributed by atoms with Crippen molar-refractivity contribution in [3.05, 3.63) is 21.7 Å². The number of aryl methyl sites for hydroxylation is 1. The topological polar surface area (TPSA) is 39.9 Å². The molecule has 19 heavy (non-hydrogen) atoms. The summed E-state index contributed by atoms with van der Waals surface area (Å²) in [6, 6.07) is 3.24. The number of hydrogen-bond donors (Lipinski definition) is 0. The number of ether oxygens (including phenoxy) is 1. The molecular formula is C13H20IN3OSi. The van der Waals surface area contributed by atoms with Crippen LogP contribution < -0.4 is 0 Å². The summed E-state index contributed by atoms with van der Waals surface area (Å²) >= 11 is 2.30. The lowest BCUT2D eigenvalue weighted by molar-refractivity contribution is 0.0883. The molecule has 0 saturated heterocycles. The minimum absolute atomic E-state index is 0.560. The summed E-state index contributed by atoms with van der Waals surface area (Å²) in [6.07, 6.45) is 1.80. The summed E-state index contributed by atoms with van der Waals surface area (Å²) in [4.78, 5) is 8.94. The van der Waals surface area contributed by atoms with Crippen molar-refractivity contribution < 1.29 is 4.74 Å². The summed E-state index contributed by atoms with van der Waals surface area (Å²) < 4.78 is 8.99. The van der Waals surface area contributed by atoms with Gasteiger partial charge in [-0.2, -0.15) is 0 Å². The molecule has 2 heterocycles. The van der Waals surface area contributed by atoms with Crippen LogP contribution in [0.5, 0.6) is 0 Å². The molecule has 2 aromatic rings. The molecule has 0 aliphatic rings. The minimum atomic E-state index is -1.02. The first kappa shape index (κ1) is 14.9. The van der Waals surface area contributed by atoms with E-state index in [1.807, 2.05) is 6.92 Å². The Hall–Kier alpha value is -0.473. The Morgan fingerprint density at radius 3 is 2.79 bits per heavy atom. The predicted octanol–water partition coefficient (Wildman–Crippen LogP) is 3.66. The van der Waals surface area contributed by atoms with Gasteiger partial charge >= 0.3 is 0 Å². The molecule has 104 valence electrons. The molecular weight excluding hydrogens is 369 g/mol. The van der Waals surface area contributed by atoms with Crippen molar-refractivity contribution in [1.29, 1.82) is 0 Å². The molecule has 6 heteroatoms. The molecule has 0 radical (unpaired) electrons. The van der Waals surface area contributed by atoms with Gasteiger partial charge in [-0.05, 0) is 41.6 Å². The van der Waals surface area contributed by atoms with Crippen molar-refractivity contribution in [1.82, 2.24) is 14.5 Å². The Balaban J connectivity index is 2.06. The highest BCUT2D eigenvalue weighted by Gasteiger charge is 2.13. The van der Waals surface area contributed by atoms with Crippen molar-refractivity contribution in [3.63, 3.8) is 0 Å². The van der Waals surface area contributed by atoms with Gasteiger partial charge in [-0.25, -0.2) is 9.97 Å². The van der Waals surface area contributed by atoms with Crippen LogP contribution >= 0.6 is 22.6 Å². The molecule has 4 nitrogen and oxygen atoms in total. The highest BCUT2D eigenvalue weighted by atomic mass is 127. The first-order valence-electron chi connectivity index (χ1n) is 6.43. The summed E-state index contributed by atoms with van der Waals surface area (Å²) in [5, 5.41) is 0. The van der Waals surface area contributed by atoms with Crippen LogP contribution in [0.2, 0.25) is 25.7 Å². The van der Waals surface area contributed by atoms with Crippen molar-refractivity contribution >= 4 is 41.8 Å². The van der Waals surface area contributed by atoms with Gasteiger partial charge in [0.05, 0.1) is 15.6 Å². The summed E-state index contributed by atoms with van der Waals surface area (Å²) in [6.45, 7) is 10.4. The predicted molar refractivity (Wildman–Crippen MR) is 89.1 cm³/mol. The molecule has 0 unspecified atom stereocenters. The van der Waals surface area contributed by atoms with Crippen LogP contribution in [0, 0.1) is 10.6 Å². The van der Waals surface area contributed by atoms with Crippen LogP contribution in [-0.2, 0) is 11.5 Å². The van der Waals surface area contributed by atoms with E-state index in [1.165, 1.54) is 6.04 Å². The molecule has 0 spiro atoms. The van der Waals surface area contributed by atoms with Gasteiger partial charge < -0.3 is 4.74 Å². The lowest BCUT2D eigenvalue weighted by Gasteiger charge is -2.16. The molecule has 0 saturated carbocycles. The van der Waals surface area contributed by atoms with Gasteiger partial charge in [-0.15, -0.1) is 0 Å². The smallest absolute Gasteiger partial charge is 0.161 e. The third kappa shape index (κ3) is 3.99. The van der Waals surface area contributed by atoms with E-state index in [0.717, 1.165) is 27.2 Å². The summed E-state index contributed by atoms with van der Waals surface area (Å²) in [5.74, 6) is 0. The van der Waals surface area contributed by atoms with Crippen molar-refractivity contribution in [2.45, 2.75) is 39.3 Å². The van der Waals surface area contributed by atoms with E-state index in [0.29, 0.717) is 6.73 Å². The molecule has 0 atom stereocenters. The van der Waals surface area contributed by atoms with E-state index >= 15 is 0 Å². The first-order valence-corrected chi connectivity index (χ1v) is 11.2. The van der Waals surface area contributed by atoms with E-state index < -0.39 is 8.07 Å². The van der Waals surface area contributed by atoms with E-state index in [-0.39, 0.29) is 0 Å². The fraction of sp³-hybridized carbons (Fsp3) is 0.538. The van der Waals surface area contributed by atoms with Gasteiger partial charge in [0.25, 0.3) is 0 Å². The number of halogens is 1. The summed E-state index contributed by atoms with van der Waals surface area (Å²) in [7, 11) is -1.02. The quantitative estimate of drug-likeness (QED) is 0.445. The van der Waals surface area contributed by atoms with E-state index in [2.05, 4.69) is 62.8 Å². The number of nitrogens with zero attached hydrogens (tertiary/aromatic N) is 3. The summed E-state index contributed by atoms with van der Waals surface area (Å²) in [5.41, 5.74) is 2.79. The largest absolute Gasteiger partial charge is 0.361 e. The van der Waals surface area contributed by atoms with Crippen molar-refractivity contribution in [3.8, 4) is 0 Å². The second-order valence-corrected chi connectivity index (χ2v) is 12.7. The van der Waals surface area contributed by atoms with E-state index in [4.69, 9.17) is 4.74 Å². The van der Waals surface area contributed by atoms with Crippen LogP contribution in [0.3, 0.4) is 0 Å². The lowest BCUT2D eigenvalue weighted by atomic mass is 10.4. The van der Waals surface area contributed by atoms with Crippen LogP contribution in [0.25, 0.3) is 11.2 Å². The van der Waals surface area contributed by atoms with Crippen LogP contribution in [-0.4, -0.2) is 29.2 Å². The molecule has 0 N–H and O–H groups in total. The van der Waals surface area contributed by atoms with E-state index in [9.17, 15) is 0 Å². The zero-order chi connectivity index (χ0) is 14.0. The molecule has 2 rings (SSSR count). The number of fused-ring (bicyclic) bond motifs is 1. The molecule has 0 fully saturated rings. The second-order valence-electron chi connectivity index (χ2n) is 5.96. The maximum Gasteiger partial charge on any atom is 0.161 e. The standard InChI is InChI=1S/C13H20IN3OSi/c1-10-8-15-13-11(16-10)7-12(14)17(13)9-18-5-6-19(2,3)4/h7-8H,5-6,9H2,1-4H3. The Bertz CT molecular complexity index is 577. The van der Waals surface area contributed by atoms with Gasteiger partial charge in [0.2, 0.25) is 0 Å². The minimum Gasteiger partial charge on any atom is -0.361 e. The van der Waals surface area contributed by atoms with Crippen LogP contribution in [0.1, 0.15) is 5.69 Å². The van der Waals surface area contributed by atoms with Crippen molar-refractivity contribution in [2.24, 2.45) is 0 Å². The zero-order valence-electron chi connectivity index (χ0n) is 11.9. The Morgan fingerprint density at radius 1 is 1.37 bits per heavy atom. The normalized spacial score (nSPS) is 12.3. The molecule has 0 aromatic carbocycles.